The highest BCUT2D eigenvalue weighted by atomic mass is 32.1. The predicted octanol–water partition coefficient (Wildman–Crippen LogP) is 3.64. The summed E-state index contributed by atoms with van der Waals surface area (Å²) in [5.41, 5.74) is 2.11. The molecular weight excluding hydrogens is 254 g/mol. The summed E-state index contributed by atoms with van der Waals surface area (Å²) in [6.45, 7) is 2.80. The van der Waals surface area contributed by atoms with E-state index < -0.39 is 0 Å². The molecule has 0 aliphatic carbocycles. The van der Waals surface area contributed by atoms with Crippen LogP contribution in [0.3, 0.4) is 0 Å². The van der Waals surface area contributed by atoms with Crippen molar-refractivity contribution in [3.05, 3.63) is 53.2 Å². The number of hydrogen-bond acceptors (Lipinski definition) is 4. The Morgan fingerprint density at radius 1 is 1.05 bits per heavy atom. The average molecular weight is 269 g/mol. The number of para-hydroxylation sites is 1. The van der Waals surface area contributed by atoms with Crippen LogP contribution in [0.5, 0.6) is 0 Å². The van der Waals surface area contributed by atoms with E-state index in [9.17, 15) is 0 Å². The van der Waals surface area contributed by atoms with E-state index in [1.54, 1.807) is 11.3 Å². The molecule has 0 amide bonds. The molecule has 19 heavy (non-hydrogen) atoms. The molecule has 4 heteroatoms. The maximum atomic E-state index is 4.65. The van der Waals surface area contributed by atoms with Crippen molar-refractivity contribution in [2.75, 3.05) is 11.9 Å². The van der Waals surface area contributed by atoms with Crippen molar-refractivity contribution in [3.8, 4) is 0 Å². The van der Waals surface area contributed by atoms with E-state index in [2.05, 4.69) is 33.1 Å². The van der Waals surface area contributed by atoms with Crippen molar-refractivity contribution in [2.45, 2.75) is 13.5 Å². The van der Waals surface area contributed by atoms with Gasteiger partial charge in [-0.3, -0.25) is 0 Å². The van der Waals surface area contributed by atoms with Crippen molar-refractivity contribution in [1.29, 1.82) is 0 Å². The quantitative estimate of drug-likeness (QED) is 0.727. The molecule has 2 heterocycles. The van der Waals surface area contributed by atoms with Gasteiger partial charge in [0.15, 0.2) is 0 Å². The third-order valence-electron chi connectivity index (χ3n) is 2.98. The lowest BCUT2D eigenvalue weighted by Crippen LogP contribution is -2.17. The first-order valence-corrected chi connectivity index (χ1v) is 7.03. The number of nitrogens with zero attached hydrogens (tertiary/aromatic N) is 3. The van der Waals surface area contributed by atoms with Crippen molar-refractivity contribution in [2.24, 2.45) is 0 Å². The molecule has 96 valence electrons. The Labute approximate surface area is 116 Å². The minimum absolute atomic E-state index is 0.788. The summed E-state index contributed by atoms with van der Waals surface area (Å²) in [5, 5.41) is 1.12. The zero-order chi connectivity index (χ0) is 13.2. The van der Waals surface area contributed by atoms with Crippen LogP contribution >= 0.6 is 11.3 Å². The fourth-order valence-corrected chi connectivity index (χ4v) is 3.03. The van der Waals surface area contributed by atoms with Gasteiger partial charge in [-0.25, -0.2) is 9.97 Å². The van der Waals surface area contributed by atoms with Gasteiger partial charge in [0.1, 0.15) is 10.8 Å². The number of rotatable bonds is 3. The number of thiazole rings is 1. The zero-order valence-electron chi connectivity index (χ0n) is 11.0. The second-order valence-corrected chi connectivity index (χ2v) is 5.68. The van der Waals surface area contributed by atoms with Crippen LogP contribution in [0.25, 0.3) is 10.2 Å². The molecule has 0 aliphatic rings. The Kier molecular flexibility index (Phi) is 3.17. The van der Waals surface area contributed by atoms with Gasteiger partial charge in [-0.05, 0) is 31.2 Å². The van der Waals surface area contributed by atoms with Crippen LogP contribution in [0.1, 0.15) is 10.7 Å². The number of fused-ring (bicyclic) bond motifs is 1. The van der Waals surface area contributed by atoms with E-state index in [1.807, 2.05) is 38.2 Å². The number of aromatic nitrogens is 2. The lowest BCUT2D eigenvalue weighted by molar-refractivity contribution is 0.886. The molecule has 0 radical (unpaired) electrons. The van der Waals surface area contributed by atoms with E-state index in [1.165, 1.54) is 4.70 Å². The molecule has 0 fully saturated rings. The van der Waals surface area contributed by atoms with Crippen LogP contribution in [0, 0.1) is 6.92 Å². The minimum Gasteiger partial charge on any atom is -0.353 e. The molecule has 0 unspecified atom stereocenters. The standard InChI is InChI=1S/C15H15N3S/c1-11-6-5-9-14(16-11)18(2)10-15-17-12-7-3-4-8-13(12)19-15/h3-9H,10H2,1-2H3. The molecule has 0 bridgehead atoms. The van der Waals surface area contributed by atoms with Crippen molar-refractivity contribution >= 4 is 27.4 Å². The van der Waals surface area contributed by atoms with Gasteiger partial charge in [-0.1, -0.05) is 18.2 Å². The first-order chi connectivity index (χ1) is 9.22. The molecule has 0 saturated heterocycles. The van der Waals surface area contributed by atoms with Gasteiger partial charge in [0, 0.05) is 12.7 Å². The van der Waals surface area contributed by atoms with Gasteiger partial charge in [-0.15, -0.1) is 11.3 Å². The molecule has 3 aromatic rings. The fraction of sp³-hybridized carbons (Fsp3) is 0.200. The SMILES string of the molecule is Cc1cccc(N(C)Cc2nc3ccccc3s2)n1. The zero-order valence-corrected chi connectivity index (χ0v) is 11.8. The maximum absolute atomic E-state index is 4.65. The highest BCUT2D eigenvalue weighted by molar-refractivity contribution is 7.18. The fourth-order valence-electron chi connectivity index (χ4n) is 2.01. The lowest BCUT2D eigenvalue weighted by Gasteiger charge is -2.16. The van der Waals surface area contributed by atoms with Gasteiger partial charge in [0.25, 0.3) is 0 Å². The maximum Gasteiger partial charge on any atom is 0.128 e. The summed E-state index contributed by atoms with van der Waals surface area (Å²) in [7, 11) is 2.05. The Balaban J connectivity index is 1.84. The normalized spacial score (nSPS) is 10.8. The molecule has 0 saturated carbocycles. The van der Waals surface area contributed by atoms with Gasteiger partial charge >= 0.3 is 0 Å². The molecule has 0 aliphatic heterocycles. The minimum atomic E-state index is 0.788. The monoisotopic (exact) mass is 269 g/mol. The van der Waals surface area contributed by atoms with Crippen molar-refractivity contribution in [1.82, 2.24) is 9.97 Å². The summed E-state index contributed by atoms with van der Waals surface area (Å²) in [5.74, 6) is 0.985. The Morgan fingerprint density at radius 3 is 2.68 bits per heavy atom. The second kappa shape index (κ2) is 4.97. The summed E-state index contributed by atoms with van der Waals surface area (Å²) < 4.78 is 1.24. The van der Waals surface area contributed by atoms with Crippen molar-refractivity contribution < 1.29 is 0 Å². The van der Waals surface area contributed by atoms with E-state index in [0.29, 0.717) is 0 Å². The number of hydrogen-bond donors (Lipinski definition) is 0. The second-order valence-electron chi connectivity index (χ2n) is 4.57. The smallest absolute Gasteiger partial charge is 0.128 e. The molecule has 3 nitrogen and oxygen atoms in total. The largest absolute Gasteiger partial charge is 0.353 e. The van der Waals surface area contributed by atoms with Crippen LogP contribution in [0.2, 0.25) is 0 Å². The lowest BCUT2D eigenvalue weighted by atomic mass is 10.3. The highest BCUT2D eigenvalue weighted by Crippen LogP contribution is 2.23. The van der Waals surface area contributed by atoms with Crippen LogP contribution in [-0.2, 0) is 6.54 Å². The topological polar surface area (TPSA) is 29.0 Å². The van der Waals surface area contributed by atoms with Crippen LogP contribution in [0.4, 0.5) is 5.82 Å². The van der Waals surface area contributed by atoms with Crippen LogP contribution in [-0.4, -0.2) is 17.0 Å². The number of aryl methyl sites for hydroxylation is 1. The van der Waals surface area contributed by atoms with E-state index in [-0.39, 0.29) is 0 Å². The number of benzene rings is 1. The van der Waals surface area contributed by atoms with Gasteiger partial charge in [0.2, 0.25) is 0 Å². The molecular formula is C15H15N3S. The van der Waals surface area contributed by atoms with E-state index in [0.717, 1.165) is 28.6 Å². The van der Waals surface area contributed by atoms with Gasteiger partial charge in [0.05, 0.1) is 16.8 Å². The molecule has 1 aromatic carbocycles. The summed E-state index contributed by atoms with van der Waals surface area (Å²) >= 11 is 1.74. The molecule has 3 rings (SSSR count). The van der Waals surface area contributed by atoms with E-state index in [4.69, 9.17) is 0 Å². The molecule has 2 aromatic heterocycles. The van der Waals surface area contributed by atoms with Gasteiger partial charge in [-0.2, -0.15) is 0 Å². The van der Waals surface area contributed by atoms with Crippen molar-refractivity contribution in [3.63, 3.8) is 0 Å². The average Bonchev–Trinajstić information content (AvgIpc) is 2.80. The van der Waals surface area contributed by atoms with Gasteiger partial charge < -0.3 is 4.90 Å². The predicted molar refractivity (Wildman–Crippen MR) is 80.7 cm³/mol. The summed E-state index contributed by atoms with van der Waals surface area (Å²) in [6.07, 6.45) is 0. The highest BCUT2D eigenvalue weighted by Gasteiger charge is 2.08. The number of pyridine rings is 1. The molecule has 0 N–H and O–H groups in total. The van der Waals surface area contributed by atoms with E-state index >= 15 is 0 Å². The Hall–Kier alpha value is -1.94. The first kappa shape index (κ1) is 12.1. The molecule has 0 atom stereocenters. The van der Waals surface area contributed by atoms with Crippen LogP contribution in [0.15, 0.2) is 42.5 Å². The third kappa shape index (κ3) is 2.58. The van der Waals surface area contributed by atoms with Crippen LogP contribution < -0.4 is 4.90 Å². The summed E-state index contributed by atoms with van der Waals surface area (Å²) in [6, 6.07) is 14.3. The third-order valence-corrected chi connectivity index (χ3v) is 4.00. The Morgan fingerprint density at radius 2 is 1.89 bits per heavy atom. The Bertz CT molecular complexity index is 672. The first-order valence-electron chi connectivity index (χ1n) is 6.21. The summed E-state index contributed by atoms with van der Waals surface area (Å²) in [4.78, 5) is 11.3. The molecule has 0 spiro atoms. The number of anilines is 1.